The average molecular weight is 331 g/mol. The van der Waals surface area contributed by atoms with E-state index in [1.807, 2.05) is 18.2 Å². The minimum Gasteiger partial charge on any atom is -0.375 e. The van der Waals surface area contributed by atoms with Crippen molar-refractivity contribution in [1.82, 2.24) is 15.1 Å². The zero-order valence-electron chi connectivity index (χ0n) is 14.3. The molecule has 0 saturated carbocycles. The summed E-state index contributed by atoms with van der Waals surface area (Å²) in [5.41, 5.74) is 1.12. The van der Waals surface area contributed by atoms with Gasteiger partial charge in [0.25, 0.3) is 0 Å². The SMILES string of the molecule is CNC(=O)C1CN(Cc2ccccc2)CC12CN(C(=O)COC)C2. The smallest absolute Gasteiger partial charge is 0.248 e. The van der Waals surface area contributed by atoms with Crippen molar-refractivity contribution in [1.29, 1.82) is 0 Å². The second kappa shape index (κ2) is 6.91. The van der Waals surface area contributed by atoms with Crippen LogP contribution in [0.3, 0.4) is 0 Å². The summed E-state index contributed by atoms with van der Waals surface area (Å²) in [6, 6.07) is 10.3. The van der Waals surface area contributed by atoms with Crippen LogP contribution in [0.1, 0.15) is 5.56 Å². The molecule has 130 valence electrons. The van der Waals surface area contributed by atoms with Gasteiger partial charge in [-0.15, -0.1) is 0 Å². The molecule has 24 heavy (non-hydrogen) atoms. The van der Waals surface area contributed by atoms with Gasteiger partial charge in [-0.1, -0.05) is 30.3 Å². The van der Waals surface area contributed by atoms with Crippen LogP contribution in [0.15, 0.2) is 30.3 Å². The maximum absolute atomic E-state index is 12.4. The van der Waals surface area contributed by atoms with Gasteiger partial charge in [0.2, 0.25) is 11.8 Å². The molecule has 2 aliphatic heterocycles. The molecule has 1 aromatic carbocycles. The highest BCUT2D eigenvalue weighted by molar-refractivity contribution is 5.82. The Bertz CT molecular complexity index is 599. The predicted molar refractivity (Wildman–Crippen MR) is 90.2 cm³/mol. The van der Waals surface area contributed by atoms with Crippen LogP contribution in [0.5, 0.6) is 0 Å². The zero-order valence-corrected chi connectivity index (χ0v) is 14.3. The van der Waals surface area contributed by atoms with Crippen LogP contribution in [0.2, 0.25) is 0 Å². The highest BCUT2D eigenvalue weighted by Gasteiger charge is 2.57. The number of hydrogen-bond donors (Lipinski definition) is 1. The molecule has 2 saturated heterocycles. The van der Waals surface area contributed by atoms with E-state index in [1.54, 1.807) is 11.9 Å². The molecule has 0 aromatic heterocycles. The fourth-order valence-electron chi connectivity index (χ4n) is 3.99. The first-order valence-corrected chi connectivity index (χ1v) is 8.32. The van der Waals surface area contributed by atoms with Crippen LogP contribution in [0.25, 0.3) is 0 Å². The van der Waals surface area contributed by atoms with Crippen molar-refractivity contribution < 1.29 is 14.3 Å². The summed E-state index contributed by atoms with van der Waals surface area (Å²) in [5.74, 6) is 0.00232. The van der Waals surface area contributed by atoms with Gasteiger partial charge in [0.15, 0.2) is 0 Å². The number of amides is 2. The Morgan fingerprint density at radius 1 is 1.25 bits per heavy atom. The number of ether oxygens (including phenoxy) is 1. The topological polar surface area (TPSA) is 61.9 Å². The van der Waals surface area contributed by atoms with Gasteiger partial charge >= 0.3 is 0 Å². The van der Waals surface area contributed by atoms with Crippen LogP contribution >= 0.6 is 0 Å². The number of carbonyl (C=O) groups excluding carboxylic acids is 2. The molecule has 0 bridgehead atoms. The first-order chi connectivity index (χ1) is 11.6. The Morgan fingerprint density at radius 3 is 2.58 bits per heavy atom. The van der Waals surface area contributed by atoms with Gasteiger partial charge in [-0.3, -0.25) is 14.5 Å². The van der Waals surface area contributed by atoms with E-state index in [0.717, 1.165) is 19.6 Å². The Labute approximate surface area is 142 Å². The Morgan fingerprint density at radius 2 is 1.96 bits per heavy atom. The van der Waals surface area contributed by atoms with Crippen molar-refractivity contribution in [3.63, 3.8) is 0 Å². The van der Waals surface area contributed by atoms with Crippen molar-refractivity contribution in [2.45, 2.75) is 6.54 Å². The first kappa shape index (κ1) is 16.9. The van der Waals surface area contributed by atoms with E-state index in [-0.39, 0.29) is 29.8 Å². The Hall–Kier alpha value is -1.92. The molecule has 3 rings (SSSR count). The molecule has 6 nitrogen and oxygen atoms in total. The van der Waals surface area contributed by atoms with Gasteiger partial charge in [-0.2, -0.15) is 0 Å². The average Bonchev–Trinajstić information content (AvgIpc) is 2.93. The zero-order chi connectivity index (χ0) is 17.2. The van der Waals surface area contributed by atoms with E-state index in [9.17, 15) is 9.59 Å². The largest absolute Gasteiger partial charge is 0.375 e. The lowest BCUT2D eigenvalue weighted by molar-refractivity contribution is -0.152. The second-order valence-electron chi connectivity index (χ2n) is 6.87. The molecule has 6 heteroatoms. The molecule has 2 heterocycles. The van der Waals surface area contributed by atoms with Crippen LogP contribution in [-0.2, 0) is 20.9 Å². The monoisotopic (exact) mass is 331 g/mol. The second-order valence-corrected chi connectivity index (χ2v) is 6.87. The lowest BCUT2D eigenvalue weighted by atomic mass is 9.71. The minimum absolute atomic E-state index is 0.000269. The number of carbonyl (C=O) groups is 2. The Kier molecular flexibility index (Phi) is 4.87. The lowest BCUT2D eigenvalue weighted by Crippen LogP contribution is -2.64. The van der Waals surface area contributed by atoms with Crippen molar-refractivity contribution in [2.75, 3.05) is 46.9 Å². The third kappa shape index (κ3) is 3.16. The van der Waals surface area contributed by atoms with Gasteiger partial charge < -0.3 is 15.0 Å². The van der Waals surface area contributed by atoms with Gasteiger partial charge in [0.1, 0.15) is 6.61 Å². The maximum atomic E-state index is 12.4. The fourth-order valence-corrected chi connectivity index (χ4v) is 3.99. The van der Waals surface area contributed by atoms with Crippen molar-refractivity contribution in [3.05, 3.63) is 35.9 Å². The summed E-state index contributed by atoms with van der Waals surface area (Å²) in [6.07, 6.45) is 0. The van der Waals surface area contributed by atoms with Gasteiger partial charge in [-0.25, -0.2) is 0 Å². The van der Waals surface area contributed by atoms with Crippen LogP contribution < -0.4 is 5.32 Å². The van der Waals surface area contributed by atoms with Crippen LogP contribution in [-0.4, -0.2) is 68.6 Å². The summed E-state index contributed by atoms with van der Waals surface area (Å²) < 4.78 is 4.93. The third-order valence-corrected chi connectivity index (χ3v) is 5.16. The normalized spacial score (nSPS) is 22.4. The van der Waals surface area contributed by atoms with Crippen LogP contribution in [0.4, 0.5) is 0 Å². The molecular formula is C18H25N3O3. The third-order valence-electron chi connectivity index (χ3n) is 5.16. The lowest BCUT2D eigenvalue weighted by Gasteiger charge is -2.50. The summed E-state index contributed by atoms with van der Waals surface area (Å²) in [5, 5.41) is 2.79. The highest BCUT2D eigenvalue weighted by Crippen LogP contribution is 2.44. The molecule has 2 amide bonds. The fraction of sp³-hybridized carbons (Fsp3) is 0.556. The molecular weight excluding hydrogens is 306 g/mol. The van der Waals surface area contributed by atoms with E-state index in [4.69, 9.17) is 4.74 Å². The molecule has 0 aliphatic carbocycles. The van der Waals surface area contributed by atoms with Crippen LogP contribution in [0, 0.1) is 11.3 Å². The van der Waals surface area contributed by atoms with Gasteiger partial charge in [-0.05, 0) is 5.56 Å². The molecule has 1 aromatic rings. The van der Waals surface area contributed by atoms with Gasteiger partial charge in [0.05, 0.1) is 5.92 Å². The van der Waals surface area contributed by atoms with E-state index in [0.29, 0.717) is 13.1 Å². The predicted octanol–water partition coefficient (Wildman–Crippen LogP) is 0.339. The summed E-state index contributed by atoms with van der Waals surface area (Å²) in [6.45, 7) is 3.80. The number of likely N-dealkylation sites (tertiary alicyclic amines) is 2. The molecule has 2 fully saturated rings. The number of nitrogens with one attached hydrogen (secondary N) is 1. The van der Waals surface area contributed by atoms with E-state index in [2.05, 4.69) is 22.3 Å². The summed E-state index contributed by atoms with van der Waals surface area (Å²) >= 11 is 0. The number of rotatable bonds is 5. The summed E-state index contributed by atoms with van der Waals surface area (Å²) in [7, 11) is 3.21. The number of methoxy groups -OCH3 is 1. The molecule has 2 aliphatic rings. The molecule has 1 unspecified atom stereocenters. The first-order valence-electron chi connectivity index (χ1n) is 8.32. The van der Waals surface area contributed by atoms with Crippen molar-refractivity contribution in [3.8, 4) is 0 Å². The van der Waals surface area contributed by atoms with Gasteiger partial charge in [0, 0.05) is 52.3 Å². The number of nitrogens with zero attached hydrogens (tertiary/aromatic N) is 2. The Balaban J connectivity index is 1.68. The molecule has 1 spiro atoms. The van der Waals surface area contributed by atoms with Crippen molar-refractivity contribution >= 4 is 11.8 Å². The summed E-state index contributed by atoms with van der Waals surface area (Å²) in [4.78, 5) is 28.5. The number of benzene rings is 1. The molecule has 0 radical (unpaired) electrons. The van der Waals surface area contributed by atoms with Crippen molar-refractivity contribution in [2.24, 2.45) is 11.3 Å². The molecule has 1 atom stereocenters. The van der Waals surface area contributed by atoms with E-state index in [1.165, 1.54) is 12.7 Å². The maximum Gasteiger partial charge on any atom is 0.248 e. The highest BCUT2D eigenvalue weighted by atomic mass is 16.5. The standard InChI is InChI=1S/C18H25N3O3/c1-19-17(23)15-9-20(8-14-6-4-3-5-7-14)11-18(15)12-21(13-18)16(22)10-24-2/h3-7,15H,8-13H2,1-2H3,(H,19,23). The number of hydrogen-bond acceptors (Lipinski definition) is 4. The quantitative estimate of drug-likeness (QED) is 0.845. The van der Waals surface area contributed by atoms with E-state index < -0.39 is 0 Å². The molecule has 1 N–H and O–H groups in total. The van der Waals surface area contributed by atoms with E-state index >= 15 is 0 Å². The minimum atomic E-state index is -0.127.